The van der Waals surface area contributed by atoms with Gasteiger partial charge < -0.3 is 14.1 Å². The Labute approximate surface area is 132 Å². The van der Waals surface area contributed by atoms with E-state index < -0.39 is 0 Å². The molecule has 1 aliphatic heterocycles. The molecule has 1 aliphatic rings. The summed E-state index contributed by atoms with van der Waals surface area (Å²) in [5.74, 6) is 2.05. The molecule has 1 heterocycles. The molecule has 0 spiro atoms. The van der Waals surface area contributed by atoms with Gasteiger partial charge in [0.25, 0.3) is 0 Å². The van der Waals surface area contributed by atoms with Crippen LogP contribution in [0.15, 0.2) is 0 Å². The molecule has 0 bridgehead atoms. The van der Waals surface area contributed by atoms with Crippen molar-refractivity contribution in [3.8, 4) is 0 Å². The number of ether oxygens (including phenoxy) is 1. The molecule has 6 heteroatoms. The van der Waals surface area contributed by atoms with Crippen LogP contribution in [0.5, 0.6) is 0 Å². The number of hydrogen-bond acceptors (Lipinski definition) is 4. The first kappa shape index (κ1) is 18.3. The lowest BCUT2D eigenvalue weighted by atomic mass is 10.3. The van der Waals surface area contributed by atoms with E-state index in [-0.39, 0.29) is 0 Å². The van der Waals surface area contributed by atoms with Gasteiger partial charge in [-0.1, -0.05) is 11.8 Å². The predicted octanol–water partition coefficient (Wildman–Crippen LogP) is 0.335. The molecule has 0 aromatic rings. The number of rotatable bonds is 10. The van der Waals surface area contributed by atoms with Crippen molar-refractivity contribution >= 4 is 28.6 Å². The molecular formula is C14H30N2O2S2+2. The molecule has 0 saturated carbocycles. The van der Waals surface area contributed by atoms with Crippen molar-refractivity contribution in [2.75, 3.05) is 59.8 Å². The molecular weight excluding hydrogens is 292 g/mol. The van der Waals surface area contributed by atoms with Crippen molar-refractivity contribution in [3.63, 3.8) is 0 Å². The summed E-state index contributed by atoms with van der Waals surface area (Å²) in [7, 11) is 10.8. The highest BCUT2D eigenvalue weighted by molar-refractivity contribution is 8.13. The maximum Gasteiger partial charge on any atom is 0.189 e. The minimum Gasteiger partial charge on any atom is -0.358 e. The van der Waals surface area contributed by atoms with Crippen LogP contribution in [0.1, 0.15) is 12.8 Å². The highest BCUT2D eigenvalue weighted by Crippen LogP contribution is 2.36. The molecule has 4 nitrogen and oxygen atoms in total. The van der Waals surface area contributed by atoms with Crippen molar-refractivity contribution in [1.82, 2.24) is 0 Å². The van der Waals surface area contributed by atoms with Gasteiger partial charge in [-0.25, -0.2) is 0 Å². The van der Waals surface area contributed by atoms with Crippen LogP contribution in [-0.2, 0) is 9.53 Å². The summed E-state index contributed by atoms with van der Waals surface area (Å²) in [5.41, 5.74) is 0.338. The highest BCUT2D eigenvalue weighted by atomic mass is 32.2. The minimum absolute atomic E-state index is 0.316. The molecule has 1 rings (SSSR count). The van der Waals surface area contributed by atoms with Gasteiger partial charge in [-0.3, -0.25) is 4.79 Å². The van der Waals surface area contributed by atoms with Gasteiger partial charge in [0.05, 0.1) is 60.2 Å². The van der Waals surface area contributed by atoms with E-state index in [9.17, 15) is 4.79 Å². The molecule has 0 aromatic carbocycles. The largest absolute Gasteiger partial charge is 0.358 e. The average molecular weight is 323 g/mol. The first-order chi connectivity index (χ1) is 9.28. The second kappa shape index (κ2) is 8.63. The van der Waals surface area contributed by atoms with Gasteiger partial charge in [0.1, 0.15) is 5.44 Å². The van der Waals surface area contributed by atoms with Crippen LogP contribution in [0.4, 0.5) is 0 Å². The van der Waals surface area contributed by atoms with E-state index in [0.717, 1.165) is 35.5 Å². The van der Waals surface area contributed by atoms with E-state index in [1.165, 1.54) is 16.7 Å². The topological polar surface area (TPSA) is 34.0 Å². The van der Waals surface area contributed by atoms with Crippen molar-refractivity contribution < 1.29 is 18.9 Å². The third-order valence-electron chi connectivity index (χ3n) is 3.08. The minimum atomic E-state index is 0.316. The fraction of sp³-hybridized carbons (Fsp3) is 0.929. The Morgan fingerprint density at radius 1 is 1.25 bits per heavy atom. The summed E-state index contributed by atoms with van der Waals surface area (Å²) < 4.78 is 6.61. The lowest BCUT2D eigenvalue weighted by Crippen LogP contribution is -3.06. The molecule has 0 amide bonds. The van der Waals surface area contributed by atoms with E-state index in [1.807, 2.05) is 11.8 Å². The lowest BCUT2D eigenvalue weighted by Gasteiger charge is -2.23. The molecule has 0 radical (unpaired) electrons. The van der Waals surface area contributed by atoms with Crippen molar-refractivity contribution in [3.05, 3.63) is 0 Å². The molecule has 2 atom stereocenters. The number of thioether (sulfide) groups is 2. The van der Waals surface area contributed by atoms with E-state index in [4.69, 9.17) is 4.74 Å². The second-order valence-corrected chi connectivity index (χ2v) is 9.00. The summed E-state index contributed by atoms with van der Waals surface area (Å²) in [6.45, 7) is 2.19. The third-order valence-corrected chi connectivity index (χ3v) is 5.17. The van der Waals surface area contributed by atoms with Gasteiger partial charge in [-0.2, -0.15) is 0 Å². The van der Waals surface area contributed by atoms with E-state index in [0.29, 0.717) is 23.1 Å². The maximum atomic E-state index is 11.7. The summed E-state index contributed by atoms with van der Waals surface area (Å²) in [4.78, 5) is 13.1. The molecule has 2 unspecified atom stereocenters. The van der Waals surface area contributed by atoms with Crippen LogP contribution in [0.2, 0.25) is 0 Å². The van der Waals surface area contributed by atoms with Gasteiger partial charge in [0.15, 0.2) is 5.12 Å². The quantitative estimate of drug-likeness (QED) is 0.464. The van der Waals surface area contributed by atoms with Gasteiger partial charge in [0.2, 0.25) is 0 Å². The predicted molar refractivity (Wildman–Crippen MR) is 88.4 cm³/mol. The summed E-state index contributed by atoms with van der Waals surface area (Å²) in [6.07, 6.45) is 1.86. The monoisotopic (exact) mass is 322 g/mol. The molecule has 1 N–H and O–H groups in total. The van der Waals surface area contributed by atoms with Crippen LogP contribution in [0.25, 0.3) is 0 Å². The number of nitrogens with one attached hydrogen (secondary N) is 1. The fourth-order valence-corrected chi connectivity index (χ4v) is 4.08. The molecule has 0 aromatic heterocycles. The summed E-state index contributed by atoms with van der Waals surface area (Å²) >= 11 is 3.36. The first-order valence-corrected chi connectivity index (χ1v) is 9.33. The van der Waals surface area contributed by atoms with E-state index in [2.05, 4.69) is 35.2 Å². The zero-order valence-corrected chi connectivity index (χ0v) is 15.1. The van der Waals surface area contributed by atoms with Crippen LogP contribution in [-0.4, -0.2) is 81.0 Å². The Hall–Kier alpha value is 0.250. The molecule has 1 fully saturated rings. The molecule has 118 valence electrons. The van der Waals surface area contributed by atoms with Crippen molar-refractivity contribution in [2.45, 2.75) is 24.4 Å². The molecule has 0 aliphatic carbocycles. The van der Waals surface area contributed by atoms with Gasteiger partial charge in [0, 0.05) is 12.2 Å². The normalized spacial score (nSPS) is 22.3. The number of carbonyl (C=O) groups is 1. The van der Waals surface area contributed by atoms with Crippen molar-refractivity contribution in [2.24, 2.45) is 0 Å². The van der Waals surface area contributed by atoms with Gasteiger partial charge in [-0.05, 0) is 6.42 Å². The number of quaternary nitrogens is 2. The zero-order chi connectivity index (χ0) is 15.2. The van der Waals surface area contributed by atoms with Crippen LogP contribution >= 0.6 is 23.5 Å². The van der Waals surface area contributed by atoms with Crippen LogP contribution in [0, 0.1) is 0 Å². The number of hydrogen-bond donors (Lipinski definition) is 1. The fourth-order valence-electron chi connectivity index (χ4n) is 1.62. The first-order valence-electron chi connectivity index (χ1n) is 7.30. The standard InChI is InChI=1S/C14H29N2O2S2/c1-15(2)8-10-19-13(17)7-6-12-14(18-12)20-11-9-16(3,4)5/h12,14H,6-11H2,1-5H3/q+1/p+1. The van der Waals surface area contributed by atoms with Crippen molar-refractivity contribution in [1.29, 1.82) is 0 Å². The number of epoxide rings is 1. The van der Waals surface area contributed by atoms with E-state index >= 15 is 0 Å². The average Bonchev–Trinajstić information content (AvgIpc) is 3.03. The Bertz CT molecular complexity index is 306. The summed E-state index contributed by atoms with van der Waals surface area (Å²) in [5, 5.41) is 0.317. The third kappa shape index (κ3) is 9.23. The number of carbonyl (C=O) groups excluding carboxylic acids is 1. The van der Waals surface area contributed by atoms with Gasteiger partial charge in [-0.15, -0.1) is 11.8 Å². The smallest absolute Gasteiger partial charge is 0.189 e. The Morgan fingerprint density at radius 2 is 1.95 bits per heavy atom. The van der Waals surface area contributed by atoms with Crippen LogP contribution in [0.3, 0.4) is 0 Å². The lowest BCUT2D eigenvalue weighted by molar-refractivity contribution is -0.867. The number of nitrogens with zero attached hydrogens (tertiary/aromatic N) is 1. The van der Waals surface area contributed by atoms with E-state index in [1.54, 1.807) is 0 Å². The zero-order valence-electron chi connectivity index (χ0n) is 13.5. The molecule has 20 heavy (non-hydrogen) atoms. The van der Waals surface area contributed by atoms with Gasteiger partial charge >= 0.3 is 0 Å². The second-order valence-electron chi connectivity index (χ2n) is 6.64. The molecule has 1 saturated heterocycles. The highest BCUT2D eigenvalue weighted by Gasteiger charge is 2.39. The maximum absolute atomic E-state index is 11.7. The Kier molecular flexibility index (Phi) is 7.90. The SMILES string of the molecule is C[NH+](C)CCSC(=O)CCC1OC1SCC[N+](C)(C)C. The van der Waals surface area contributed by atoms with Crippen LogP contribution < -0.4 is 4.90 Å². The summed E-state index contributed by atoms with van der Waals surface area (Å²) in [6, 6.07) is 0. The Balaban J connectivity index is 1.98. The Morgan fingerprint density at radius 3 is 2.55 bits per heavy atom.